The lowest BCUT2D eigenvalue weighted by Gasteiger charge is -2.31. The Balaban J connectivity index is 6.20. The molecule has 22 nitrogen and oxygen atoms in total. The molecule has 0 spiro atoms. The van der Waals surface area contributed by atoms with Crippen LogP contribution < -0.4 is 5.73 Å². The molecular weight excluding hydrogens is 957 g/mol. The minimum atomic E-state index is -0.776. The fourth-order valence-corrected chi connectivity index (χ4v) is 6.80. The van der Waals surface area contributed by atoms with Gasteiger partial charge in [0.1, 0.15) is 33.6 Å². The molecule has 0 radical (unpaired) electrons. The number of amides is 6. The average Bonchev–Trinajstić information content (AvgIpc) is 3.20. The molecule has 2 N–H and O–H groups in total. The maximum Gasteiger partial charge on any atom is 0.410 e. The van der Waals surface area contributed by atoms with Crippen LogP contribution in [0.3, 0.4) is 0 Å². The molecule has 0 rings (SSSR count). The zero-order chi connectivity index (χ0) is 57.1. The summed E-state index contributed by atoms with van der Waals surface area (Å²) < 4.78 is 34.4. The number of azide groups is 1. The molecule has 6 amide bonds. The van der Waals surface area contributed by atoms with E-state index in [0.717, 1.165) is 0 Å². The summed E-state index contributed by atoms with van der Waals surface area (Å²) in [6, 6.07) is 0. The van der Waals surface area contributed by atoms with Gasteiger partial charge in [-0.15, -0.1) is 0 Å². The van der Waals surface area contributed by atoms with Gasteiger partial charge in [-0.05, 0) is 188 Å². The van der Waals surface area contributed by atoms with Crippen molar-refractivity contribution in [1.29, 1.82) is 0 Å². The smallest absolute Gasteiger partial charge is 0.410 e. The predicted octanol–water partition coefficient (Wildman–Crippen LogP) is 10.8. The van der Waals surface area contributed by atoms with E-state index in [1.807, 2.05) is 0 Å². The lowest BCUT2D eigenvalue weighted by molar-refractivity contribution is 0.0148. The van der Waals surface area contributed by atoms with Crippen LogP contribution in [0.4, 0.5) is 28.8 Å². The van der Waals surface area contributed by atoms with Crippen LogP contribution >= 0.6 is 0 Å². The monoisotopic (exact) mass is 1060 g/mol. The van der Waals surface area contributed by atoms with Gasteiger partial charge in [0.15, 0.2) is 0 Å². The van der Waals surface area contributed by atoms with Crippen LogP contribution in [0.2, 0.25) is 0 Å². The zero-order valence-electron chi connectivity index (χ0n) is 49.1. The van der Waals surface area contributed by atoms with Crippen LogP contribution in [-0.2, 0) is 28.4 Å². The summed E-state index contributed by atoms with van der Waals surface area (Å²) >= 11 is 0. The number of carbonyl (C=O) groups is 6. The lowest BCUT2D eigenvalue weighted by atomic mass is 10.2. The topological polar surface area (TPSA) is 252 Å². The van der Waals surface area contributed by atoms with E-state index in [2.05, 4.69) is 10.0 Å². The number of ether oxygens (including phenoxy) is 6. The first-order valence-electron chi connectivity index (χ1n) is 26.4. The molecule has 0 saturated carbocycles. The highest BCUT2D eigenvalue weighted by Crippen LogP contribution is 2.18. The van der Waals surface area contributed by atoms with Crippen molar-refractivity contribution >= 4 is 36.6 Å². The van der Waals surface area contributed by atoms with Gasteiger partial charge in [0.05, 0.1) is 0 Å². The van der Waals surface area contributed by atoms with Crippen LogP contribution in [0, 0.1) is 0 Å². The highest BCUT2D eigenvalue weighted by molar-refractivity contribution is 5.70. The fraction of sp³-hybridized carbons (Fsp3) is 0.885. The van der Waals surface area contributed by atoms with Crippen LogP contribution in [0.15, 0.2) is 5.11 Å². The van der Waals surface area contributed by atoms with Crippen LogP contribution in [-0.4, -0.2) is 191 Å². The van der Waals surface area contributed by atoms with Gasteiger partial charge in [-0.1, -0.05) is 5.11 Å². The first-order valence-corrected chi connectivity index (χ1v) is 26.4. The molecule has 0 aliphatic heterocycles. The molecule has 0 aromatic rings. The second-order valence-corrected chi connectivity index (χ2v) is 24.4. The van der Waals surface area contributed by atoms with Crippen molar-refractivity contribution in [2.24, 2.45) is 10.8 Å². The Bertz CT molecular complexity index is 1750. The Labute approximate surface area is 444 Å². The van der Waals surface area contributed by atoms with E-state index in [1.165, 1.54) is 4.90 Å². The maximum atomic E-state index is 13.6. The summed E-state index contributed by atoms with van der Waals surface area (Å²) in [4.78, 5) is 92.7. The molecule has 430 valence electrons. The summed E-state index contributed by atoms with van der Waals surface area (Å²) in [6.45, 7) is 36.2. The van der Waals surface area contributed by atoms with Crippen LogP contribution in [0.1, 0.15) is 176 Å². The third kappa shape index (κ3) is 35.9. The van der Waals surface area contributed by atoms with Crippen molar-refractivity contribution in [3.05, 3.63) is 10.4 Å². The third-order valence-electron chi connectivity index (χ3n) is 9.82. The standard InChI is InChI=1S/C52H100N10O12/c1-47(2,3)69-41(63)57(33-23-37-61(45(67)73-51(13,14)15)39-25-35-59(31-21-27-53)43(65)71-49(7,8)9)29-19-20-30-58(42(64)70-48(4,5)6)34-24-38-62(46(68)74-52(16,17)18)40-26-36-60(32-22-28-55-56-54)44(66)72-50(10,11)12/h19-40,53H2,1-18H3. The zero-order valence-corrected chi connectivity index (χ0v) is 49.1. The minimum absolute atomic E-state index is 0.213. The molecular formula is C52H100N10O12. The molecule has 0 aromatic heterocycles. The summed E-state index contributed by atoms with van der Waals surface area (Å²) in [7, 11) is 0. The van der Waals surface area contributed by atoms with Crippen LogP contribution in [0.5, 0.6) is 0 Å². The molecule has 22 heteroatoms. The van der Waals surface area contributed by atoms with Crippen molar-refractivity contribution in [1.82, 2.24) is 29.4 Å². The highest BCUT2D eigenvalue weighted by atomic mass is 16.6. The van der Waals surface area contributed by atoms with E-state index in [0.29, 0.717) is 90.6 Å². The number of carbonyl (C=O) groups excluding carboxylic acids is 6. The number of nitrogens with two attached hydrogens (primary N) is 1. The Hall–Kier alpha value is -5.11. The van der Waals surface area contributed by atoms with E-state index in [-0.39, 0.29) is 52.4 Å². The number of nitrogens with zero attached hydrogens (tertiary/aromatic N) is 9. The van der Waals surface area contributed by atoms with E-state index in [9.17, 15) is 28.8 Å². The first-order chi connectivity index (χ1) is 33.8. The highest BCUT2D eigenvalue weighted by Gasteiger charge is 2.29. The molecule has 0 aromatic carbocycles. The molecule has 0 aliphatic carbocycles. The van der Waals surface area contributed by atoms with Crippen molar-refractivity contribution < 1.29 is 57.2 Å². The molecule has 0 bridgehead atoms. The van der Waals surface area contributed by atoms with Crippen molar-refractivity contribution in [2.45, 2.75) is 210 Å². The normalized spacial score (nSPS) is 12.1. The minimum Gasteiger partial charge on any atom is -0.444 e. The molecule has 0 unspecified atom stereocenters. The summed E-state index contributed by atoms with van der Waals surface area (Å²) in [5, 5.41) is 3.58. The van der Waals surface area contributed by atoms with Crippen molar-refractivity contribution in [3.63, 3.8) is 0 Å². The fourth-order valence-electron chi connectivity index (χ4n) is 6.80. The summed E-state index contributed by atoms with van der Waals surface area (Å²) in [6.07, 6.45) is 0.606. The molecule has 0 saturated heterocycles. The van der Waals surface area contributed by atoms with Gasteiger partial charge in [0.25, 0.3) is 0 Å². The Kier molecular flexibility index (Phi) is 30.1. The van der Waals surface area contributed by atoms with Crippen molar-refractivity contribution in [2.75, 3.05) is 91.6 Å². The molecule has 0 fully saturated rings. The summed E-state index contributed by atoms with van der Waals surface area (Å²) in [5.41, 5.74) is 10.00. The second kappa shape index (κ2) is 32.4. The molecule has 0 aliphatic rings. The van der Waals surface area contributed by atoms with Gasteiger partial charge in [0, 0.05) is 90.0 Å². The number of unbranched alkanes of at least 4 members (excludes halogenated alkanes) is 1. The van der Waals surface area contributed by atoms with E-state index >= 15 is 0 Å². The molecule has 0 atom stereocenters. The van der Waals surface area contributed by atoms with Crippen LogP contribution in [0.25, 0.3) is 10.4 Å². The largest absolute Gasteiger partial charge is 0.444 e. The SMILES string of the molecule is CC(C)(C)OC(=O)N(CCCN)CCCN(CCCN(CCCCN(CCCN(CCCN(CCCN=[N+]=[N-])C(=O)OC(C)(C)C)C(=O)OC(C)(C)C)C(=O)OC(C)(C)C)C(=O)OC(C)(C)C)C(=O)OC(C)(C)C. The molecule has 74 heavy (non-hydrogen) atoms. The van der Waals surface area contributed by atoms with Gasteiger partial charge in [0.2, 0.25) is 0 Å². The second-order valence-electron chi connectivity index (χ2n) is 24.4. The predicted molar refractivity (Wildman–Crippen MR) is 287 cm³/mol. The Morgan fingerprint density at radius 2 is 0.514 bits per heavy atom. The average molecular weight is 1060 g/mol. The quantitative estimate of drug-likeness (QED) is 0.0252. The maximum absolute atomic E-state index is 13.6. The first kappa shape index (κ1) is 68.9. The third-order valence-corrected chi connectivity index (χ3v) is 9.82. The van der Waals surface area contributed by atoms with E-state index in [1.54, 1.807) is 149 Å². The summed E-state index contributed by atoms with van der Waals surface area (Å²) in [5.74, 6) is 0. The van der Waals surface area contributed by atoms with Gasteiger partial charge in [-0.3, -0.25) is 0 Å². The van der Waals surface area contributed by atoms with Gasteiger partial charge < -0.3 is 63.6 Å². The number of hydrogen-bond acceptors (Lipinski definition) is 14. The van der Waals surface area contributed by atoms with E-state index in [4.69, 9.17) is 39.7 Å². The lowest BCUT2D eigenvalue weighted by Crippen LogP contribution is -2.43. The van der Waals surface area contributed by atoms with Crippen molar-refractivity contribution in [3.8, 4) is 0 Å². The van der Waals surface area contributed by atoms with E-state index < -0.39 is 70.2 Å². The van der Waals surface area contributed by atoms with Gasteiger partial charge in [-0.2, -0.15) is 0 Å². The molecule has 0 heterocycles. The number of hydrogen-bond donors (Lipinski definition) is 1. The van der Waals surface area contributed by atoms with Gasteiger partial charge in [-0.25, -0.2) is 28.8 Å². The number of rotatable bonds is 28. The van der Waals surface area contributed by atoms with Gasteiger partial charge >= 0.3 is 36.6 Å². The Morgan fingerprint density at radius 3 is 0.689 bits per heavy atom. The Morgan fingerprint density at radius 1 is 0.338 bits per heavy atom.